The summed E-state index contributed by atoms with van der Waals surface area (Å²) in [5, 5.41) is 14.6. The molecule has 0 bridgehead atoms. The van der Waals surface area contributed by atoms with Crippen molar-refractivity contribution in [1.29, 1.82) is 5.26 Å². The van der Waals surface area contributed by atoms with Crippen molar-refractivity contribution in [2.75, 3.05) is 17.2 Å². The van der Waals surface area contributed by atoms with Gasteiger partial charge in [0.2, 0.25) is 5.91 Å². The number of esters is 1. The highest BCUT2D eigenvalue weighted by Gasteiger charge is 2.15. The maximum Gasteiger partial charge on any atom is 0.349 e. The van der Waals surface area contributed by atoms with Gasteiger partial charge >= 0.3 is 5.97 Å². The summed E-state index contributed by atoms with van der Waals surface area (Å²) in [5.41, 5.74) is 3.54. The third-order valence-electron chi connectivity index (χ3n) is 4.50. The number of anilines is 2. The lowest BCUT2D eigenvalue weighted by atomic mass is 10.1. The van der Waals surface area contributed by atoms with Crippen molar-refractivity contribution in [3.8, 4) is 6.07 Å². The van der Waals surface area contributed by atoms with Crippen LogP contribution in [0.1, 0.15) is 37.2 Å². The van der Waals surface area contributed by atoms with Gasteiger partial charge in [-0.05, 0) is 56.2 Å². The van der Waals surface area contributed by atoms with Gasteiger partial charge in [0.1, 0.15) is 11.6 Å². The molecule has 0 fully saturated rings. The van der Waals surface area contributed by atoms with Gasteiger partial charge in [0, 0.05) is 36.2 Å². The zero-order valence-electron chi connectivity index (χ0n) is 18.1. The number of hydrogen-bond donors (Lipinski definition) is 2. The number of nitrogens with zero attached hydrogens (tertiary/aromatic N) is 2. The predicted octanol–water partition coefficient (Wildman–Crippen LogP) is 3.56. The molecule has 2 aromatic rings. The number of hydrogen-bond acceptors (Lipinski definition) is 5. The summed E-state index contributed by atoms with van der Waals surface area (Å²) in [6.07, 6.45) is 2.45. The van der Waals surface area contributed by atoms with Gasteiger partial charge in [-0.1, -0.05) is 13.0 Å². The quantitative estimate of drug-likeness (QED) is 0.384. The van der Waals surface area contributed by atoms with E-state index in [1.807, 2.05) is 26.0 Å². The van der Waals surface area contributed by atoms with E-state index in [-0.39, 0.29) is 11.5 Å². The second kappa shape index (κ2) is 10.8. The lowest BCUT2D eigenvalue weighted by Crippen LogP contribution is -2.21. The predicted molar refractivity (Wildman–Crippen MR) is 118 cm³/mol. The molecule has 0 spiro atoms. The Morgan fingerprint density at radius 3 is 2.45 bits per heavy atom. The van der Waals surface area contributed by atoms with Gasteiger partial charge in [-0.25, -0.2) is 4.79 Å². The van der Waals surface area contributed by atoms with E-state index < -0.39 is 18.5 Å². The molecule has 0 saturated heterocycles. The third kappa shape index (κ3) is 6.57. The van der Waals surface area contributed by atoms with Crippen LogP contribution in [0.15, 0.2) is 35.9 Å². The SMILES string of the molecule is CCCn1c(C)cc(/C=C(\C#N)C(=O)OCC(=O)Nc2cccc(NC(C)=O)c2)c1C. The first-order valence-electron chi connectivity index (χ1n) is 9.88. The zero-order chi connectivity index (χ0) is 23.0. The van der Waals surface area contributed by atoms with Crippen molar-refractivity contribution in [3.05, 3.63) is 52.9 Å². The summed E-state index contributed by atoms with van der Waals surface area (Å²) >= 11 is 0. The van der Waals surface area contributed by atoms with Crippen LogP contribution in [-0.4, -0.2) is 29.0 Å². The summed E-state index contributed by atoms with van der Waals surface area (Å²) in [6, 6.07) is 10.3. The number of benzene rings is 1. The van der Waals surface area contributed by atoms with Crippen LogP contribution < -0.4 is 10.6 Å². The van der Waals surface area contributed by atoms with Crippen LogP contribution in [-0.2, 0) is 25.7 Å². The molecule has 0 unspecified atom stereocenters. The molecule has 0 aliphatic rings. The number of carbonyl (C=O) groups excluding carboxylic acids is 3. The van der Waals surface area contributed by atoms with Crippen LogP contribution in [0.25, 0.3) is 6.08 Å². The van der Waals surface area contributed by atoms with E-state index in [9.17, 15) is 19.6 Å². The van der Waals surface area contributed by atoms with E-state index in [4.69, 9.17) is 4.74 Å². The minimum atomic E-state index is -0.870. The molecule has 1 aromatic carbocycles. The molecule has 2 amide bonds. The van der Waals surface area contributed by atoms with Crippen molar-refractivity contribution in [2.24, 2.45) is 0 Å². The highest BCUT2D eigenvalue weighted by atomic mass is 16.5. The Bertz CT molecular complexity index is 1060. The Morgan fingerprint density at radius 2 is 1.84 bits per heavy atom. The van der Waals surface area contributed by atoms with Crippen LogP contribution in [0.4, 0.5) is 11.4 Å². The molecule has 1 aromatic heterocycles. The molecule has 0 aliphatic carbocycles. The summed E-state index contributed by atoms with van der Waals surface area (Å²) in [6.45, 7) is 7.66. The molecule has 31 heavy (non-hydrogen) atoms. The number of ether oxygens (including phenoxy) is 1. The molecule has 2 rings (SSSR count). The summed E-state index contributed by atoms with van der Waals surface area (Å²) < 4.78 is 7.12. The van der Waals surface area contributed by atoms with Crippen molar-refractivity contribution in [3.63, 3.8) is 0 Å². The first kappa shape index (κ1) is 23.4. The van der Waals surface area contributed by atoms with Gasteiger partial charge in [-0.3, -0.25) is 9.59 Å². The molecule has 0 atom stereocenters. The average molecular weight is 422 g/mol. The molecule has 162 valence electrons. The van der Waals surface area contributed by atoms with E-state index in [2.05, 4.69) is 22.1 Å². The molecule has 8 heteroatoms. The van der Waals surface area contributed by atoms with Crippen molar-refractivity contribution >= 4 is 35.2 Å². The van der Waals surface area contributed by atoms with E-state index in [0.717, 1.165) is 29.9 Å². The number of aryl methyl sites for hydroxylation is 1. The standard InChI is InChI=1S/C23H26N4O4/c1-5-9-27-15(2)10-18(16(27)3)11-19(13-24)23(30)31-14-22(29)26-21-8-6-7-20(12-21)25-17(4)28/h6-8,10-12H,5,9,14H2,1-4H3,(H,25,28)(H,26,29)/b19-11+. The Labute approximate surface area is 181 Å². The van der Waals surface area contributed by atoms with Crippen molar-refractivity contribution in [1.82, 2.24) is 4.57 Å². The van der Waals surface area contributed by atoms with Gasteiger partial charge in [0.05, 0.1) is 0 Å². The maximum atomic E-state index is 12.3. The molecular weight excluding hydrogens is 396 g/mol. The van der Waals surface area contributed by atoms with E-state index in [1.54, 1.807) is 24.3 Å². The number of nitrogens with one attached hydrogen (secondary N) is 2. The number of carbonyl (C=O) groups is 3. The minimum Gasteiger partial charge on any atom is -0.451 e. The van der Waals surface area contributed by atoms with Gasteiger partial charge in [0.15, 0.2) is 6.61 Å². The fourth-order valence-corrected chi connectivity index (χ4v) is 3.12. The monoisotopic (exact) mass is 422 g/mol. The van der Waals surface area contributed by atoms with E-state index in [0.29, 0.717) is 11.4 Å². The normalized spacial score (nSPS) is 10.9. The number of aromatic nitrogens is 1. The molecule has 1 heterocycles. The molecule has 0 saturated carbocycles. The lowest BCUT2D eigenvalue weighted by molar-refractivity contribution is -0.142. The van der Waals surface area contributed by atoms with E-state index in [1.165, 1.54) is 13.0 Å². The van der Waals surface area contributed by atoms with Crippen LogP contribution in [0.2, 0.25) is 0 Å². The summed E-state index contributed by atoms with van der Waals surface area (Å²) in [4.78, 5) is 35.5. The number of nitriles is 1. The van der Waals surface area contributed by atoms with Crippen LogP contribution in [0.3, 0.4) is 0 Å². The highest BCUT2D eigenvalue weighted by molar-refractivity contribution is 6.00. The summed E-state index contributed by atoms with van der Waals surface area (Å²) in [7, 11) is 0. The first-order chi connectivity index (χ1) is 14.7. The third-order valence-corrected chi connectivity index (χ3v) is 4.50. The Hall–Kier alpha value is -3.86. The molecule has 0 radical (unpaired) electrons. The first-order valence-corrected chi connectivity index (χ1v) is 9.88. The Morgan fingerprint density at radius 1 is 1.16 bits per heavy atom. The van der Waals surface area contributed by atoms with Gasteiger partial charge in [-0.15, -0.1) is 0 Å². The fourth-order valence-electron chi connectivity index (χ4n) is 3.12. The average Bonchev–Trinajstić information content (AvgIpc) is 2.97. The van der Waals surface area contributed by atoms with E-state index >= 15 is 0 Å². The van der Waals surface area contributed by atoms with Crippen LogP contribution >= 0.6 is 0 Å². The smallest absolute Gasteiger partial charge is 0.349 e. The second-order valence-electron chi connectivity index (χ2n) is 7.03. The molecular formula is C23H26N4O4. The second-order valence-corrected chi connectivity index (χ2v) is 7.03. The maximum absolute atomic E-state index is 12.3. The lowest BCUT2D eigenvalue weighted by Gasteiger charge is -2.08. The summed E-state index contributed by atoms with van der Waals surface area (Å²) in [5.74, 6) is -1.67. The van der Waals surface area contributed by atoms with Gasteiger partial charge in [-0.2, -0.15) is 5.26 Å². The van der Waals surface area contributed by atoms with Crippen molar-refractivity contribution < 1.29 is 19.1 Å². The topological polar surface area (TPSA) is 113 Å². The van der Waals surface area contributed by atoms with Crippen molar-refractivity contribution in [2.45, 2.75) is 40.7 Å². The largest absolute Gasteiger partial charge is 0.451 e. The number of amides is 2. The highest BCUT2D eigenvalue weighted by Crippen LogP contribution is 2.19. The molecule has 0 aliphatic heterocycles. The van der Waals surface area contributed by atoms with Crippen LogP contribution in [0.5, 0.6) is 0 Å². The molecule has 8 nitrogen and oxygen atoms in total. The number of rotatable bonds is 8. The Balaban J connectivity index is 2.01. The van der Waals surface area contributed by atoms with Gasteiger partial charge in [0.25, 0.3) is 5.91 Å². The fraction of sp³-hybridized carbons (Fsp3) is 0.304. The van der Waals surface area contributed by atoms with Crippen LogP contribution in [0, 0.1) is 25.2 Å². The van der Waals surface area contributed by atoms with Gasteiger partial charge < -0.3 is 19.9 Å². The Kier molecular flexibility index (Phi) is 8.15. The zero-order valence-corrected chi connectivity index (χ0v) is 18.1. The molecule has 2 N–H and O–H groups in total. The minimum absolute atomic E-state index is 0.183.